The van der Waals surface area contributed by atoms with Gasteiger partial charge in [0.1, 0.15) is 5.82 Å². The highest BCUT2D eigenvalue weighted by Gasteiger charge is 2.32. The van der Waals surface area contributed by atoms with Gasteiger partial charge in [0.25, 0.3) is 0 Å². The number of hydrogen-bond donors (Lipinski definition) is 2. The first-order chi connectivity index (χ1) is 9.06. The Morgan fingerprint density at radius 2 is 1.84 bits per heavy atom. The number of amides is 1. The molecule has 2 rings (SSSR count). The highest BCUT2D eigenvalue weighted by Crippen LogP contribution is 2.16. The Bertz CT molecular complexity index is 430. The lowest BCUT2D eigenvalue weighted by atomic mass is 10.2. The van der Waals surface area contributed by atoms with Gasteiger partial charge >= 0.3 is 0 Å². The smallest absolute Gasteiger partial charge is 0.232 e. The van der Waals surface area contributed by atoms with E-state index in [9.17, 15) is 19.4 Å². The number of rotatable bonds is 4. The van der Waals surface area contributed by atoms with Gasteiger partial charge in [0, 0.05) is 18.8 Å². The first-order valence-corrected chi connectivity index (χ1v) is 7.18. The molecule has 0 bridgehead atoms. The van der Waals surface area contributed by atoms with E-state index in [2.05, 4.69) is 0 Å². The van der Waals surface area contributed by atoms with Crippen molar-refractivity contribution in [1.29, 1.82) is 0 Å². The van der Waals surface area contributed by atoms with E-state index in [1.54, 1.807) is 12.1 Å². The molecule has 1 heterocycles. The van der Waals surface area contributed by atoms with Gasteiger partial charge < -0.3 is 15.1 Å². The minimum absolute atomic E-state index is 0.0947. The molecule has 104 valence electrons. The van der Waals surface area contributed by atoms with Crippen molar-refractivity contribution in [1.82, 2.24) is 4.90 Å². The van der Waals surface area contributed by atoms with Crippen LogP contribution in [0.4, 0.5) is 4.39 Å². The van der Waals surface area contributed by atoms with Gasteiger partial charge in [-0.25, -0.2) is 4.39 Å². The highest BCUT2D eigenvalue weighted by molar-refractivity contribution is 7.99. The maximum absolute atomic E-state index is 12.7. The number of β-amino-alcohol motifs (C(OH)–C–C–N with tert-alkyl or cyclic N) is 2. The third-order valence-corrected chi connectivity index (χ3v) is 4.01. The second-order valence-corrected chi connectivity index (χ2v) is 5.54. The van der Waals surface area contributed by atoms with Crippen LogP contribution in [0.1, 0.15) is 5.56 Å². The van der Waals surface area contributed by atoms with Crippen molar-refractivity contribution in [2.75, 3.05) is 18.8 Å². The number of likely N-dealkylation sites (tertiary alicyclic amines) is 1. The summed E-state index contributed by atoms with van der Waals surface area (Å²) < 4.78 is 12.7. The van der Waals surface area contributed by atoms with Crippen LogP contribution in [0.2, 0.25) is 0 Å². The zero-order valence-electron chi connectivity index (χ0n) is 10.3. The van der Waals surface area contributed by atoms with Crippen LogP contribution in [-0.4, -0.2) is 52.1 Å². The molecule has 1 amide bonds. The molecular weight excluding hydrogens is 269 g/mol. The maximum Gasteiger partial charge on any atom is 0.232 e. The van der Waals surface area contributed by atoms with Crippen molar-refractivity contribution in [3.8, 4) is 0 Å². The number of carbonyl (C=O) groups is 1. The van der Waals surface area contributed by atoms with Crippen molar-refractivity contribution in [3.63, 3.8) is 0 Å². The number of aliphatic hydroxyl groups is 2. The summed E-state index contributed by atoms with van der Waals surface area (Å²) in [7, 11) is 0. The second kappa shape index (κ2) is 6.36. The lowest BCUT2D eigenvalue weighted by Gasteiger charge is -2.14. The lowest BCUT2D eigenvalue weighted by molar-refractivity contribution is -0.127. The third-order valence-electron chi connectivity index (χ3n) is 3.02. The van der Waals surface area contributed by atoms with Crippen molar-refractivity contribution in [2.24, 2.45) is 0 Å². The highest BCUT2D eigenvalue weighted by atomic mass is 32.2. The topological polar surface area (TPSA) is 60.8 Å². The van der Waals surface area contributed by atoms with Gasteiger partial charge in [-0.05, 0) is 17.7 Å². The fourth-order valence-corrected chi connectivity index (χ4v) is 2.79. The van der Waals surface area contributed by atoms with E-state index in [-0.39, 0.29) is 30.6 Å². The summed E-state index contributed by atoms with van der Waals surface area (Å²) in [4.78, 5) is 13.3. The molecule has 6 heteroatoms. The number of nitrogens with zero attached hydrogens (tertiary/aromatic N) is 1. The van der Waals surface area contributed by atoms with Crippen LogP contribution in [-0.2, 0) is 10.5 Å². The third kappa shape index (κ3) is 3.92. The van der Waals surface area contributed by atoms with Gasteiger partial charge in [-0.15, -0.1) is 11.8 Å². The van der Waals surface area contributed by atoms with Crippen LogP contribution in [0, 0.1) is 5.82 Å². The average Bonchev–Trinajstić information content (AvgIpc) is 2.72. The standard InChI is InChI=1S/C13H16FNO3S/c14-10-3-1-9(2-4-10)7-19-8-13(18)15-5-11(16)12(17)6-15/h1-4,11-12,16-17H,5-8H2/t11-,12+. The Morgan fingerprint density at radius 1 is 1.26 bits per heavy atom. The van der Waals surface area contributed by atoms with Crippen molar-refractivity contribution in [3.05, 3.63) is 35.6 Å². The largest absolute Gasteiger partial charge is 0.388 e. The molecule has 0 saturated carbocycles. The molecule has 0 aliphatic carbocycles. The van der Waals surface area contributed by atoms with E-state index in [0.29, 0.717) is 5.75 Å². The molecule has 0 unspecified atom stereocenters. The monoisotopic (exact) mass is 285 g/mol. The number of aliphatic hydroxyl groups excluding tert-OH is 2. The number of halogens is 1. The van der Waals surface area contributed by atoms with Gasteiger partial charge in [0.2, 0.25) is 5.91 Å². The summed E-state index contributed by atoms with van der Waals surface area (Å²) in [5, 5.41) is 18.7. The van der Waals surface area contributed by atoms with Crippen LogP contribution in [0.3, 0.4) is 0 Å². The number of thioether (sulfide) groups is 1. The van der Waals surface area contributed by atoms with E-state index in [4.69, 9.17) is 0 Å². The molecule has 2 N–H and O–H groups in total. The predicted molar refractivity (Wildman–Crippen MR) is 71.2 cm³/mol. The molecule has 0 spiro atoms. The molecule has 1 aliphatic heterocycles. The molecule has 1 aromatic rings. The van der Waals surface area contributed by atoms with Gasteiger partial charge in [-0.2, -0.15) is 0 Å². The normalized spacial score (nSPS) is 22.8. The van der Waals surface area contributed by atoms with Crippen molar-refractivity contribution in [2.45, 2.75) is 18.0 Å². The van der Waals surface area contributed by atoms with E-state index >= 15 is 0 Å². The number of carbonyl (C=O) groups excluding carboxylic acids is 1. The molecule has 19 heavy (non-hydrogen) atoms. The fraction of sp³-hybridized carbons (Fsp3) is 0.462. The first kappa shape index (κ1) is 14.3. The Hall–Kier alpha value is -1.11. The molecule has 4 nitrogen and oxygen atoms in total. The zero-order chi connectivity index (χ0) is 13.8. The van der Waals surface area contributed by atoms with Crippen LogP contribution in [0.15, 0.2) is 24.3 Å². The van der Waals surface area contributed by atoms with Gasteiger partial charge in [0.15, 0.2) is 0 Å². The van der Waals surface area contributed by atoms with Crippen LogP contribution in [0.25, 0.3) is 0 Å². The quantitative estimate of drug-likeness (QED) is 0.851. The van der Waals surface area contributed by atoms with Crippen LogP contribution >= 0.6 is 11.8 Å². The molecule has 2 atom stereocenters. The van der Waals surface area contributed by atoms with Gasteiger partial charge in [-0.3, -0.25) is 4.79 Å². The SMILES string of the molecule is O=C(CSCc1ccc(F)cc1)N1C[C@@H](O)[C@@H](O)C1. The molecule has 1 saturated heterocycles. The summed E-state index contributed by atoms with van der Waals surface area (Å²) in [6.45, 7) is 0.383. The van der Waals surface area contributed by atoms with Crippen LogP contribution in [0.5, 0.6) is 0 Å². The molecule has 1 aliphatic rings. The summed E-state index contributed by atoms with van der Waals surface area (Å²) in [6.07, 6.45) is -1.68. The lowest BCUT2D eigenvalue weighted by Crippen LogP contribution is -2.31. The summed E-state index contributed by atoms with van der Waals surface area (Å²) in [5.74, 6) is 0.550. The Balaban J connectivity index is 1.74. The Morgan fingerprint density at radius 3 is 2.42 bits per heavy atom. The summed E-state index contributed by atoms with van der Waals surface area (Å²) in [6, 6.07) is 6.17. The first-order valence-electron chi connectivity index (χ1n) is 6.02. The summed E-state index contributed by atoms with van der Waals surface area (Å²) >= 11 is 1.43. The van der Waals surface area contributed by atoms with Crippen LogP contribution < -0.4 is 0 Å². The molecule has 0 radical (unpaired) electrons. The molecule has 1 aromatic carbocycles. The minimum Gasteiger partial charge on any atom is -0.388 e. The Labute approximate surface area is 115 Å². The Kier molecular flexibility index (Phi) is 4.79. The number of hydrogen-bond acceptors (Lipinski definition) is 4. The fourth-order valence-electron chi connectivity index (χ4n) is 1.90. The predicted octanol–water partition coefficient (Wildman–Crippen LogP) is 0.623. The second-order valence-electron chi connectivity index (χ2n) is 4.55. The molecule has 0 aromatic heterocycles. The van der Waals surface area contributed by atoms with Crippen molar-refractivity contribution >= 4 is 17.7 Å². The average molecular weight is 285 g/mol. The van der Waals surface area contributed by atoms with Gasteiger partial charge in [-0.1, -0.05) is 12.1 Å². The molecular formula is C13H16FNO3S. The minimum atomic E-state index is -0.842. The summed E-state index contributed by atoms with van der Waals surface area (Å²) in [5.41, 5.74) is 0.959. The maximum atomic E-state index is 12.7. The van der Waals surface area contributed by atoms with E-state index in [1.807, 2.05) is 0 Å². The van der Waals surface area contributed by atoms with E-state index in [0.717, 1.165) is 5.56 Å². The van der Waals surface area contributed by atoms with Gasteiger partial charge in [0.05, 0.1) is 18.0 Å². The van der Waals surface area contributed by atoms with Crippen molar-refractivity contribution < 1.29 is 19.4 Å². The van der Waals surface area contributed by atoms with E-state index < -0.39 is 12.2 Å². The zero-order valence-corrected chi connectivity index (χ0v) is 11.1. The number of benzene rings is 1. The van der Waals surface area contributed by atoms with E-state index in [1.165, 1.54) is 28.8 Å². The molecule has 1 fully saturated rings.